The van der Waals surface area contributed by atoms with Crippen LogP contribution < -0.4 is 5.32 Å². The van der Waals surface area contributed by atoms with E-state index in [-0.39, 0.29) is 17.9 Å². The molecular weight excluding hydrogens is 324 g/mol. The van der Waals surface area contributed by atoms with E-state index in [2.05, 4.69) is 10.4 Å². The van der Waals surface area contributed by atoms with E-state index in [0.29, 0.717) is 6.54 Å². The van der Waals surface area contributed by atoms with Gasteiger partial charge in [0, 0.05) is 24.5 Å². The van der Waals surface area contributed by atoms with Crippen molar-refractivity contribution < 1.29 is 9.59 Å². The van der Waals surface area contributed by atoms with Crippen LogP contribution >= 0.6 is 11.3 Å². The topological polar surface area (TPSA) is 67.2 Å². The SMILES string of the molecule is CC(=O)NCc1ccc(C(=O)N2CCC[C@H]2Cn2cc(C)cn2)s1. The van der Waals surface area contributed by atoms with Crippen molar-refractivity contribution in [3.8, 4) is 0 Å². The third-order valence-corrected chi connectivity index (χ3v) is 5.26. The van der Waals surface area contributed by atoms with Crippen LogP contribution in [0.15, 0.2) is 24.5 Å². The maximum Gasteiger partial charge on any atom is 0.264 e. The smallest absolute Gasteiger partial charge is 0.264 e. The van der Waals surface area contributed by atoms with E-state index in [0.717, 1.165) is 41.2 Å². The van der Waals surface area contributed by atoms with Crippen molar-refractivity contribution in [2.75, 3.05) is 6.54 Å². The van der Waals surface area contributed by atoms with Gasteiger partial charge in [-0.2, -0.15) is 5.10 Å². The first-order valence-electron chi connectivity index (χ1n) is 8.16. The molecule has 1 aliphatic heterocycles. The van der Waals surface area contributed by atoms with Gasteiger partial charge in [0.15, 0.2) is 0 Å². The molecule has 7 heteroatoms. The second kappa shape index (κ2) is 7.17. The van der Waals surface area contributed by atoms with E-state index in [1.807, 2.05) is 41.0 Å². The van der Waals surface area contributed by atoms with Crippen LogP contribution in [-0.4, -0.2) is 39.1 Å². The van der Waals surface area contributed by atoms with Crippen molar-refractivity contribution in [1.29, 1.82) is 0 Å². The molecule has 0 unspecified atom stereocenters. The van der Waals surface area contributed by atoms with E-state index in [4.69, 9.17) is 0 Å². The third-order valence-electron chi connectivity index (χ3n) is 4.18. The second-order valence-electron chi connectivity index (χ2n) is 6.21. The van der Waals surface area contributed by atoms with Crippen molar-refractivity contribution in [1.82, 2.24) is 20.0 Å². The summed E-state index contributed by atoms with van der Waals surface area (Å²) in [5.41, 5.74) is 1.13. The van der Waals surface area contributed by atoms with Gasteiger partial charge in [-0.15, -0.1) is 11.3 Å². The molecule has 0 aliphatic carbocycles. The first-order valence-corrected chi connectivity index (χ1v) is 8.98. The van der Waals surface area contributed by atoms with Crippen LogP contribution in [0.5, 0.6) is 0 Å². The number of likely N-dealkylation sites (tertiary alicyclic amines) is 1. The molecule has 2 aromatic heterocycles. The highest BCUT2D eigenvalue weighted by molar-refractivity contribution is 7.14. The molecule has 1 N–H and O–H groups in total. The average molecular weight is 346 g/mol. The van der Waals surface area contributed by atoms with Crippen molar-refractivity contribution in [3.63, 3.8) is 0 Å². The van der Waals surface area contributed by atoms with Crippen LogP contribution in [-0.2, 0) is 17.9 Å². The van der Waals surface area contributed by atoms with Crippen LogP contribution in [0.1, 0.15) is 39.9 Å². The van der Waals surface area contributed by atoms with Crippen LogP contribution in [0.2, 0.25) is 0 Å². The molecule has 1 atom stereocenters. The van der Waals surface area contributed by atoms with Gasteiger partial charge in [-0.3, -0.25) is 14.3 Å². The van der Waals surface area contributed by atoms with Gasteiger partial charge in [-0.25, -0.2) is 0 Å². The van der Waals surface area contributed by atoms with Crippen LogP contribution in [0.3, 0.4) is 0 Å². The monoisotopic (exact) mass is 346 g/mol. The lowest BCUT2D eigenvalue weighted by Crippen LogP contribution is -2.37. The zero-order chi connectivity index (χ0) is 17.1. The Balaban J connectivity index is 1.65. The first kappa shape index (κ1) is 16.7. The van der Waals surface area contributed by atoms with E-state index in [1.165, 1.54) is 18.3 Å². The summed E-state index contributed by atoms with van der Waals surface area (Å²) in [7, 11) is 0. The first-order chi connectivity index (χ1) is 11.5. The number of thiophene rings is 1. The van der Waals surface area contributed by atoms with E-state index in [9.17, 15) is 9.59 Å². The number of nitrogens with zero attached hydrogens (tertiary/aromatic N) is 3. The minimum Gasteiger partial charge on any atom is -0.351 e. The Morgan fingerprint density at radius 1 is 1.42 bits per heavy atom. The highest BCUT2D eigenvalue weighted by atomic mass is 32.1. The summed E-state index contributed by atoms with van der Waals surface area (Å²) in [6.45, 7) is 5.52. The van der Waals surface area contributed by atoms with Gasteiger partial charge in [0.2, 0.25) is 5.91 Å². The summed E-state index contributed by atoms with van der Waals surface area (Å²) in [6, 6.07) is 3.96. The molecule has 2 amide bonds. The molecule has 1 fully saturated rings. The Labute approximate surface area is 145 Å². The summed E-state index contributed by atoms with van der Waals surface area (Å²) in [5.74, 6) is 0.0193. The Kier molecular flexibility index (Phi) is 4.99. The minimum atomic E-state index is -0.0644. The number of nitrogens with one attached hydrogen (secondary N) is 1. The Bertz CT molecular complexity index is 737. The summed E-state index contributed by atoms with van der Waals surface area (Å²) in [6.07, 6.45) is 5.89. The molecular formula is C17H22N4O2S. The fourth-order valence-electron chi connectivity index (χ4n) is 3.02. The predicted molar refractivity (Wildman–Crippen MR) is 92.9 cm³/mol. The standard InChI is InChI=1S/C17H22N4O2S/c1-12-8-19-20(10-12)11-14-4-3-7-21(14)17(23)16-6-5-15(24-16)9-18-13(2)22/h5-6,8,10,14H,3-4,7,9,11H2,1-2H3,(H,18,22)/t14-/m0/s1. The number of rotatable bonds is 5. The predicted octanol–water partition coefficient (Wildman–Crippen LogP) is 2.19. The fraction of sp³-hybridized carbons (Fsp3) is 0.471. The van der Waals surface area contributed by atoms with Gasteiger partial charge < -0.3 is 10.2 Å². The summed E-state index contributed by atoms with van der Waals surface area (Å²) < 4.78 is 1.92. The van der Waals surface area contributed by atoms with E-state index >= 15 is 0 Å². The zero-order valence-corrected chi connectivity index (χ0v) is 14.8. The van der Waals surface area contributed by atoms with Gasteiger partial charge in [0.05, 0.1) is 30.2 Å². The number of hydrogen-bond acceptors (Lipinski definition) is 4. The molecule has 0 bridgehead atoms. The minimum absolute atomic E-state index is 0.0644. The quantitative estimate of drug-likeness (QED) is 0.902. The van der Waals surface area contributed by atoms with Gasteiger partial charge >= 0.3 is 0 Å². The number of hydrogen-bond donors (Lipinski definition) is 1. The summed E-state index contributed by atoms with van der Waals surface area (Å²) >= 11 is 1.45. The Morgan fingerprint density at radius 3 is 2.96 bits per heavy atom. The lowest BCUT2D eigenvalue weighted by Gasteiger charge is -2.24. The molecule has 3 heterocycles. The van der Waals surface area contributed by atoms with Crippen LogP contribution in [0, 0.1) is 6.92 Å². The van der Waals surface area contributed by atoms with Crippen molar-refractivity contribution >= 4 is 23.2 Å². The molecule has 6 nitrogen and oxygen atoms in total. The average Bonchev–Trinajstić information content (AvgIpc) is 3.26. The maximum absolute atomic E-state index is 12.8. The van der Waals surface area contributed by atoms with Crippen LogP contribution in [0.25, 0.3) is 0 Å². The molecule has 0 radical (unpaired) electrons. The lowest BCUT2D eigenvalue weighted by atomic mass is 10.2. The second-order valence-corrected chi connectivity index (χ2v) is 7.38. The molecule has 0 saturated carbocycles. The largest absolute Gasteiger partial charge is 0.351 e. The molecule has 2 aromatic rings. The van der Waals surface area contributed by atoms with Crippen molar-refractivity contribution in [3.05, 3.63) is 39.8 Å². The Morgan fingerprint density at radius 2 is 2.25 bits per heavy atom. The number of aromatic nitrogens is 2. The molecule has 24 heavy (non-hydrogen) atoms. The van der Waals surface area contributed by atoms with Gasteiger partial charge in [0.1, 0.15) is 0 Å². The fourth-order valence-corrected chi connectivity index (χ4v) is 3.92. The molecule has 1 saturated heterocycles. The van der Waals surface area contributed by atoms with Crippen molar-refractivity contribution in [2.24, 2.45) is 0 Å². The molecule has 1 aliphatic rings. The summed E-state index contributed by atoms with van der Waals surface area (Å²) in [4.78, 5) is 27.5. The highest BCUT2D eigenvalue weighted by Crippen LogP contribution is 2.25. The van der Waals surface area contributed by atoms with E-state index < -0.39 is 0 Å². The maximum atomic E-state index is 12.8. The number of amides is 2. The number of aryl methyl sites for hydroxylation is 1. The zero-order valence-electron chi connectivity index (χ0n) is 14.0. The van der Waals surface area contributed by atoms with Gasteiger partial charge in [0.25, 0.3) is 5.91 Å². The van der Waals surface area contributed by atoms with Crippen molar-refractivity contribution in [2.45, 2.75) is 45.8 Å². The third kappa shape index (κ3) is 3.84. The van der Waals surface area contributed by atoms with Gasteiger partial charge in [-0.1, -0.05) is 0 Å². The molecule has 128 valence electrons. The summed E-state index contributed by atoms with van der Waals surface area (Å²) in [5, 5.41) is 7.09. The number of carbonyl (C=O) groups excluding carboxylic acids is 2. The van der Waals surface area contributed by atoms with Gasteiger partial charge in [-0.05, 0) is 37.5 Å². The highest BCUT2D eigenvalue weighted by Gasteiger charge is 2.30. The molecule has 0 spiro atoms. The Hall–Kier alpha value is -2.15. The number of carbonyl (C=O) groups is 2. The lowest BCUT2D eigenvalue weighted by molar-refractivity contribution is -0.119. The normalized spacial score (nSPS) is 17.2. The molecule has 3 rings (SSSR count). The van der Waals surface area contributed by atoms with E-state index in [1.54, 1.807) is 0 Å². The van der Waals surface area contributed by atoms with Crippen LogP contribution in [0.4, 0.5) is 0 Å². The molecule has 0 aromatic carbocycles.